The number of carboxylic acids is 1. The van der Waals surface area contributed by atoms with Crippen molar-refractivity contribution in [1.29, 1.82) is 0 Å². The van der Waals surface area contributed by atoms with Gasteiger partial charge in [0.1, 0.15) is 5.69 Å². The second kappa shape index (κ2) is 3.84. The smallest absolute Gasteiger partial charge is 0.354 e. The van der Waals surface area contributed by atoms with Crippen molar-refractivity contribution >= 4 is 16.9 Å². The topological polar surface area (TPSA) is 50.2 Å². The molecule has 1 heterocycles. The largest absolute Gasteiger partial charge is 0.477 e. The average Bonchev–Trinajstić information content (AvgIpc) is 2.26. The molecule has 0 bridgehead atoms. The highest BCUT2D eigenvalue weighted by atomic mass is 16.4. The summed E-state index contributed by atoms with van der Waals surface area (Å²) < 4.78 is 0. The molecule has 0 saturated carbocycles. The second-order valence-electron chi connectivity index (χ2n) is 5.16. The lowest BCUT2D eigenvalue weighted by molar-refractivity contribution is 0.0691. The highest BCUT2D eigenvalue weighted by Crippen LogP contribution is 2.25. The van der Waals surface area contributed by atoms with Crippen molar-refractivity contribution < 1.29 is 9.90 Å². The van der Waals surface area contributed by atoms with E-state index in [0.29, 0.717) is 0 Å². The molecular formula is C14H15NO2. The second-order valence-corrected chi connectivity index (χ2v) is 5.16. The van der Waals surface area contributed by atoms with Crippen molar-refractivity contribution in [2.24, 2.45) is 0 Å². The molecule has 0 saturated heterocycles. The third-order valence-corrected chi connectivity index (χ3v) is 2.77. The Kier molecular flexibility index (Phi) is 2.62. The predicted octanol–water partition coefficient (Wildman–Crippen LogP) is 3.23. The molecule has 1 aromatic carbocycles. The Morgan fingerprint density at radius 1 is 1.18 bits per heavy atom. The minimum atomic E-state index is -0.994. The van der Waals surface area contributed by atoms with E-state index in [-0.39, 0.29) is 11.1 Å². The Bertz CT molecular complexity index is 582. The van der Waals surface area contributed by atoms with Crippen LogP contribution < -0.4 is 0 Å². The Labute approximate surface area is 100 Å². The first kappa shape index (κ1) is 11.6. The highest BCUT2D eigenvalue weighted by molar-refractivity contribution is 5.89. The SMILES string of the molecule is CC(C)(C)c1ccc2nc(C(=O)O)ccc2c1. The van der Waals surface area contributed by atoms with Gasteiger partial charge in [-0.1, -0.05) is 32.9 Å². The molecule has 3 heteroatoms. The molecule has 1 aromatic heterocycles. The Morgan fingerprint density at radius 2 is 1.88 bits per heavy atom. The molecule has 0 amide bonds. The van der Waals surface area contributed by atoms with Crippen molar-refractivity contribution in [3.05, 3.63) is 41.6 Å². The van der Waals surface area contributed by atoms with Gasteiger partial charge in [-0.2, -0.15) is 0 Å². The molecule has 2 aromatic rings. The van der Waals surface area contributed by atoms with E-state index < -0.39 is 5.97 Å². The predicted molar refractivity (Wildman–Crippen MR) is 67.4 cm³/mol. The van der Waals surface area contributed by atoms with Crippen LogP contribution in [0.15, 0.2) is 30.3 Å². The molecule has 0 fully saturated rings. The first-order chi connectivity index (χ1) is 7.88. The Hall–Kier alpha value is -1.90. The van der Waals surface area contributed by atoms with Crippen LogP contribution in [-0.2, 0) is 5.41 Å². The van der Waals surface area contributed by atoms with Crippen LogP contribution in [-0.4, -0.2) is 16.1 Å². The van der Waals surface area contributed by atoms with E-state index in [1.54, 1.807) is 6.07 Å². The fraction of sp³-hybridized carbons (Fsp3) is 0.286. The van der Waals surface area contributed by atoms with Crippen LogP contribution in [0.25, 0.3) is 10.9 Å². The number of fused-ring (bicyclic) bond motifs is 1. The van der Waals surface area contributed by atoms with Gasteiger partial charge in [0.25, 0.3) is 0 Å². The lowest BCUT2D eigenvalue weighted by Gasteiger charge is -2.19. The van der Waals surface area contributed by atoms with E-state index in [2.05, 4.69) is 31.8 Å². The number of aromatic nitrogens is 1. The molecule has 1 N–H and O–H groups in total. The van der Waals surface area contributed by atoms with Crippen LogP contribution in [0.5, 0.6) is 0 Å². The third-order valence-electron chi connectivity index (χ3n) is 2.77. The molecule has 0 aliphatic carbocycles. The van der Waals surface area contributed by atoms with Gasteiger partial charge in [-0.3, -0.25) is 0 Å². The van der Waals surface area contributed by atoms with Gasteiger partial charge in [-0.05, 0) is 29.2 Å². The molecule has 0 radical (unpaired) electrons. The van der Waals surface area contributed by atoms with E-state index >= 15 is 0 Å². The quantitative estimate of drug-likeness (QED) is 0.816. The molecule has 2 rings (SSSR count). The summed E-state index contributed by atoms with van der Waals surface area (Å²) in [6.07, 6.45) is 0. The number of benzene rings is 1. The molecule has 0 atom stereocenters. The first-order valence-corrected chi connectivity index (χ1v) is 5.52. The lowest BCUT2D eigenvalue weighted by atomic mass is 9.86. The van der Waals surface area contributed by atoms with Crippen molar-refractivity contribution in [2.45, 2.75) is 26.2 Å². The van der Waals surface area contributed by atoms with Gasteiger partial charge in [0.05, 0.1) is 5.52 Å². The summed E-state index contributed by atoms with van der Waals surface area (Å²) in [5, 5.41) is 9.84. The van der Waals surface area contributed by atoms with E-state index in [4.69, 9.17) is 5.11 Å². The standard InChI is InChI=1S/C14H15NO2/c1-14(2,3)10-5-7-11-9(8-10)4-6-12(15-11)13(16)17/h4-8H,1-3H3,(H,16,17). The van der Waals surface area contributed by atoms with Gasteiger partial charge >= 0.3 is 5.97 Å². The highest BCUT2D eigenvalue weighted by Gasteiger charge is 2.14. The molecule has 0 aliphatic heterocycles. The zero-order valence-electron chi connectivity index (χ0n) is 10.2. The van der Waals surface area contributed by atoms with Crippen molar-refractivity contribution in [1.82, 2.24) is 4.98 Å². The number of pyridine rings is 1. The third kappa shape index (κ3) is 2.28. The number of nitrogens with zero attached hydrogens (tertiary/aromatic N) is 1. The van der Waals surface area contributed by atoms with Crippen LogP contribution >= 0.6 is 0 Å². The Balaban J connectivity index is 2.58. The minimum Gasteiger partial charge on any atom is -0.477 e. The van der Waals surface area contributed by atoms with Crippen molar-refractivity contribution in [3.8, 4) is 0 Å². The monoisotopic (exact) mass is 229 g/mol. The number of carbonyl (C=O) groups is 1. The van der Waals surface area contributed by atoms with Crippen LogP contribution in [0, 0.1) is 0 Å². The van der Waals surface area contributed by atoms with Crippen LogP contribution in [0.4, 0.5) is 0 Å². The number of aromatic carboxylic acids is 1. The first-order valence-electron chi connectivity index (χ1n) is 5.52. The number of hydrogen-bond acceptors (Lipinski definition) is 2. The van der Waals surface area contributed by atoms with Crippen molar-refractivity contribution in [2.75, 3.05) is 0 Å². The van der Waals surface area contributed by atoms with Gasteiger partial charge < -0.3 is 5.11 Å². The fourth-order valence-corrected chi connectivity index (χ4v) is 1.71. The van der Waals surface area contributed by atoms with E-state index in [1.165, 1.54) is 11.6 Å². The van der Waals surface area contributed by atoms with Crippen LogP contribution in [0.1, 0.15) is 36.8 Å². The molecule has 0 spiro atoms. The zero-order valence-corrected chi connectivity index (χ0v) is 10.2. The lowest BCUT2D eigenvalue weighted by Crippen LogP contribution is -2.10. The zero-order chi connectivity index (χ0) is 12.6. The summed E-state index contributed by atoms with van der Waals surface area (Å²) >= 11 is 0. The van der Waals surface area contributed by atoms with Gasteiger partial charge in [0, 0.05) is 5.39 Å². The maximum absolute atomic E-state index is 10.8. The molecule has 0 aliphatic rings. The van der Waals surface area contributed by atoms with E-state index in [1.807, 2.05) is 12.1 Å². The summed E-state index contributed by atoms with van der Waals surface area (Å²) in [5.74, 6) is -0.994. The van der Waals surface area contributed by atoms with Crippen molar-refractivity contribution in [3.63, 3.8) is 0 Å². The fourth-order valence-electron chi connectivity index (χ4n) is 1.71. The number of carboxylic acid groups (broad SMARTS) is 1. The molecule has 88 valence electrons. The number of hydrogen-bond donors (Lipinski definition) is 1. The molecule has 3 nitrogen and oxygen atoms in total. The van der Waals surface area contributed by atoms with Gasteiger partial charge in [-0.25, -0.2) is 9.78 Å². The van der Waals surface area contributed by atoms with Gasteiger partial charge in [-0.15, -0.1) is 0 Å². The van der Waals surface area contributed by atoms with E-state index in [0.717, 1.165) is 10.9 Å². The van der Waals surface area contributed by atoms with Crippen LogP contribution in [0.3, 0.4) is 0 Å². The van der Waals surface area contributed by atoms with E-state index in [9.17, 15) is 4.79 Å². The minimum absolute atomic E-state index is 0.0830. The van der Waals surface area contributed by atoms with Gasteiger partial charge in [0.15, 0.2) is 0 Å². The summed E-state index contributed by atoms with van der Waals surface area (Å²) in [4.78, 5) is 14.9. The summed E-state index contributed by atoms with van der Waals surface area (Å²) in [6, 6.07) is 9.29. The maximum atomic E-state index is 10.8. The average molecular weight is 229 g/mol. The summed E-state index contributed by atoms with van der Waals surface area (Å²) in [5.41, 5.74) is 2.11. The molecular weight excluding hydrogens is 214 g/mol. The molecule has 17 heavy (non-hydrogen) atoms. The van der Waals surface area contributed by atoms with Gasteiger partial charge in [0.2, 0.25) is 0 Å². The molecule has 0 unspecified atom stereocenters. The number of rotatable bonds is 1. The maximum Gasteiger partial charge on any atom is 0.354 e. The summed E-state index contributed by atoms with van der Waals surface area (Å²) in [6.45, 7) is 6.44. The summed E-state index contributed by atoms with van der Waals surface area (Å²) in [7, 11) is 0. The Morgan fingerprint density at radius 3 is 2.47 bits per heavy atom. The van der Waals surface area contributed by atoms with Crippen LogP contribution in [0.2, 0.25) is 0 Å². The normalized spacial score (nSPS) is 11.7.